The Bertz CT molecular complexity index is 754. The van der Waals surface area contributed by atoms with Gasteiger partial charge in [-0.25, -0.2) is 0 Å². The summed E-state index contributed by atoms with van der Waals surface area (Å²) in [4.78, 5) is 12.2. The molecule has 29 heavy (non-hydrogen) atoms. The molecular formula is C25H34O3Si. The zero-order valence-electron chi connectivity index (χ0n) is 18.5. The lowest BCUT2D eigenvalue weighted by molar-refractivity contribution is -0.146. The fourth-order valence-electron chi connectivity index (χ4n) is 3.96. The summed E-state index contributed by atoms with van der Waals surface area (Å²) >= 11 is 0. The molecule has 0 aliphatic rings. The summed E-state index contributed by atoms with van der Waals surface area (Å²) in [6.07, 6.45) is 4.04. The van der Waals surface area contributed by atoms with Gasteiger partial charge in [0.15, 0.2) is 0 Å². The van der Waals surface area contributed by atoms with Crippen LogP contribution >= 0.6 is 0 Å². The van der Waals surface area contributed by atoms with Crippen molar-refractivity contribution in [3.8, 4) is 0 Å². The van der Waals surface area contributed by atoms with Crippen LogP contribution in [0.3, 0.4) is 0 Å². The van der Waals surface area contributed by atoms with Crippen molar-refractivity contribution in [1.29, 1.82) is 0 Å². The molecule has 0 unspecified atom stereocenters. The molecule has 0 heterocycles. The zero-order chi connectivity index (χ0) is 21.5. The average Bonchev–Trinajstić information content (AvgIpc) is 2.72. The molecule has 2 rings (SSSR count). The lowest BCUT2D eigenvalue weighted by Crippen LogP contribution is -2.67. The topological polar surface area (TPSA) is 35.5 Å². The molecule has 0 aliphatic carbocycles. The van der Waals surface area contributed by atoms with Gasteiger partial charge in [-0.3, -0.25) is 4.79 Å². The van der Waals surface area contributed by atoms with Crippen LogP contribution in [0.25, 0.3) is 0 Å². The van der Waals surface area contributed by atoms with Crippen molar-refractivity contribution in [2.75, 3.05) is 13.7 Å². The van der Waals surface area contributed by atoms with E-state index < -0.39 is 8.32 Å². The maximum Gasteiger partial charge on any atom is 0.309 e. The minimum atomic E-state index is -2.62. The standard InChI is InChI=1S/C25H34O3Si/c1-7-14-21(20(2)24(26)27-6)19-28-29(25(3,4)5,22-15-10-8-11-16-22)23-17-12-9-13-18-23/h7-18,20-21H,19H2,1-6H3/b14-7+/t20-,21+/m0/s1. The fraction of sp³-hybridized carbons (Fsp3) is 0.400. The zero-order valence-corrected chi connectivity index (χ0v) is 19.5. The van der Waals surface area contributed by atoms with E-state index in [9.17, 15) is 4.79 Å². The van der Waals surface area contributed by atoms with Gasteiger partial charge in [0.05, 0.1) is 13.0 Å². The summed E-state index contributed by atoms with van der Waals surface area (Å²) in [7, 11) is -1.18. The molecule has 0 bridgehead atoms. The Morgan fingerprint density at radius 1 is 1.00 bits per heavy atom. The van der Waals surface area contributed by atoms with Crippen LogP contribution in [0.5, 0.6) is 0 Å². The smallest absolute Gasteiger partial charge is 0.309 e. The van der Waals surface area contributed by atoms with Gasteiger partial charge in [-0.2, -0.15) is 0 Å². The highest BCUT2D eigenvalue weighted by atomic mass is 28.4. The van der Waals surface area contributed by atoms with Crippen molar-refractivity contribution in [3.63, 3.8) is 0 Å². The van der Waals surface area contributed by atoms with Crippen LogP contribution in [0.2, 0.25) is 5.04 Å². The maximum absolute atomic E-state index is 12.2. The van der Waals surface area contributed by atoms with Gasteiger partial charge in [-0.15, -0.1) is 0 Å². The van der Waals surface area contributed by atoms with Gasteiger partial charge in [0, 0.05) is 12.5 Å². The third-order valence-corrected chi connectivity index (χ3v) is 10.6. The van der Waals surface area contributed by atoms with Crippen molar-refractivity contribution in [3.05, 3.63) is 72.8 Å². The summed E-state index contributed by atoms with van der Waals surface area (Å²) in [6.45, 7) is 11.1. The van der Waals surface area contributed by atoms with E-state index in [1.54, 1.807) is 0 Å². The lowest BCUT2D eigenvalue weighted by atomic mass is 9.94. The van der Waals surface area contributed by atoms with E-state index >= 15 is 0 Å². The highest BCUT2D eigenvalue weighted by Crippen LogP contribution is 2.37. The summed E-state index contributed by atoms with van der Waals surface area (Å²) < 4.78 is 12.0. The number of allylic oxidation sites excluding steroid dienone is 1. The Hall–Kier alpha value is -2.17. The highest BCUT2D eigenvalue weighted by Gasteiger charge is 2.50. The molecule has 2 atom stereocenters. The molecule has 0 amide bonds. The van der Waals surface area contributed by atoms with E-state index in [1.807, 2.05) is 32.1 Å². The second-order valence-corrected chi connectivity index (χ2v) is 12.8. The summed E-state index contributed by atoms with van der Waals surface area (Å²) in [6, 6.07) is 21.1. The van der Waals surface area contributed by atoms with Crippen LogP contribution in [-0.2, 0) is 14.0 Å². The molecule has 3 nitrogen and oxygen atoms in total. The van der Waals surface area contributed by atoms with Crippen LogP contribution < -0.4 is 10.4 Å². The number of esters is 1. The third kappa shape index (κ3) is 5.06. The number of hydrogen-bond donors (Lipinski definition) is 0. The number of ether oxygens (including phenoxy) is 1. The Labute approximate surface area is 176 Å². The second-order valence-electron chi connectivity index (χ2n) is 8.48. The van der Waals surface area contributed by atoms with Crippen molar-refractivity contribution in [2.24, 2.45) is 11.8 Å². The van der Waals surface area contributed by atoms with Gasteiger partial charge in [0.2, 0.25) is 0 Å². The Kier molecular flexibility index (Phi) is 8.00. The van der Waals surface area contributed by atoms with Gasteiger partial charge in [0.1, 0.15) is 0 Å². The Morgan fingerprint density at radius 3 is 1.86 bits per heavy atom. The molecule has 2 aromatic carbocycles. The molecule has 0 saturated heterocycles. The predicted octanol–water partition coefficient (Wildman–Crippen LogP) is 4.56. The first-order chi connectivity index (χ1) is 13.8. The van der Waals surface area contributed by atoms with Crippen molar-refractivity contribution in [1.82, 2.24) is 0 Å². The SMILES string of the molecule is C/C=C/[C@H](CO[Si](c1ccccc1)(c1ccccc1)C(C)(C)C)[C@H](C)C(=O)OC. The van der Waals surface area contributed by atoms with Crippen molar-refractivity contribution < 1.29 is 14.0 Å². The number of benzene rings is 2. The summed E-state index contributed by atoms with van der Waals surface area (Å²) in [5.41, 5.74) is 0. The number of carbonyl (C=O) groups excluding carboxylic acids is 1. The Morgan fingerprint density at radius 2 is 1.48 bits per heavy atom. The van der Waals surface area contributed by atoms with E-state index in [1.165, 1.54) is 17.5 Å². The number of carbonyl (C=O) groups is 1. The first-order valence-electron chi connectivity index (χ1n) is 10.2. The molecule has 0 spiro atoms. The van der Waals surface area contributed by atoms with Gasteiger partial charge >= 0.3 is 5.97 Å². The fourth-order valence-corrected chi connectivity index (χ4v) is 8.56. The predicted molar refractivity (Wildman–Crippen MR) is 123 cm³/mol. The second kappa shape index (κ2) is 10.0. The summed E-state index contributed by atoms with van der Waals surface area (Å²) in [5.74, 6) is -0.525. The van der Waals surface area contributed by atoms with Gasteiger partial charge in [0.25, 0.3) is 8.32 Å². The van der Waals surface area contributed by atoms with Crippen LogP contribution in [0, 0.1) is 11.8 Å². The molecule has 0 radical (unpaired) electrons. The first kappa shape index (κ1) is 23.1. The van der Waals surface area contributed by atoms with Crippen LogP contribution in [0.4, 0.5) is 0 Å². The van der Waals surface area contributed by atoms with Crippen LogP contribution in [-0.4, -0.2) is 28.0 Å². The highest BCUT2D eigenvalue weighted by molar-refractivity contribution is 6.99. The van der Waals surface area contributed by atoms with E-state index in [-0.39, 0.29) is 22.8 Å². The van der Waals surface area contributed by atoms with Crippen LogP contribution in [0.15, 0.2) is 72.8 Å². The minimum Gasteiger partial charge on any atom is -0.469 e. The van der Waals surface area contributed by atoms with Gasteiger partial charge < -0.3 is 9.16 Å². The number of rotatable bonds is 8. The monoisotopic (exact) mass is 410 g/mol. The molecule has 2 aromatic rings. The number of hydrogen-bond acceptors (Lipinski definition) is 3. The molecule has 0 aliphatic heterocycles. The first-order valence-corrected chi connectivity index (χ1v) is 12.1. The number of methoxy groups -OCH3 is 1. The molecule has 4 heteroatoms. The Balaban J connectivity index is 2.54. The van der Waals surface area contributed by atoms with Crippen LogP contribution in [0.1, 0.15) is 34.6 Å². The maximum atomic E-state index is 12.2. The van der Waals surface area contributed by atoms with Crippen molar-refractivity contribution in [2.45, 2.75) is 39.7 Å². The molecule has 156 valence electrons. The quantitative estimate of drug-likeness (QED) is 0.363. The van der Waals surface area contributed by atoms with E-state index in [4.69, 9.17) is 9.16 Å². The van der Waals surface area contributed by atoms with Crippen molar-refractivity contribution >= 4 is 24.7 Å². The van der Waals surface area contributed by atoms with Gasteiger partial charge in [-0.1, -0.05) is 101 Å². The van der Waals surface area contributed by atoms with Gasteiger partial charge in [-0.05, 0) is 22.3 Å². The molecule has 0 fully saturated rings. The molecule has 0 saturated carbocycles. The molecular weight excluding hydrogens is 376 g/mol. The minimum absolute atomic E-state index is 0.0471. The molecule has 0 N–H and O–H groups in total. The summed E-state index contributed by atoms with van der Waals surface area (Å²) in [5, 5.41) is 2.39. The third-order valence-electron chi connectivity index (χ3n) is 5.56. The normalized spacial score (nSPS) is 14.6. The lowest BCUT2D eigenvalue weighted by Gasteiger charge is -2.43. The molecule has 0 aromatic heterocycles. The van der Waals surface area contributed by atoms with E-state index in [0.717, 1.165) is 0 Å². The largest absolute Gasteiger partial charge is 0.469 e. The van der Waals surface area contributed by atoms with E-state index in [0.29, 0.717) is 6.61 Å². The average molecular weight is 411 g/mol. The van der Waals surface area contributed by atoms with E-state index in [2.05, 4.69) is 75.4 Å².